The zero-order chi connectivity index (χ0) is 14.2. The largest absolute Gasteiger partial charge is 0.465 e. The normalized spacial score (nSPS) is 11.6. The van der Waals surface area contributed by atoms with Crippen LogP contribution < -0.4 is 0 Å². The Labute approximate surface area is 113 Å². The number of carbonyl (C=O) groups is 2. The molecule has 0 bridgehead atoms. The van der Waals surface area contributed by atoms with E-state index in [1.54, 1.807) is 20.8 Å². The Balaban J connectivity index is 2.47. The van der Waals surface area contributed by atoms with Gasteiger partial charge >= 0.3 is 12.1 Å². The van der Waals surface area contributed by atoms with Crippen molar-refractivity contribution < 1.29 is 19.1 Å². The number of hydrogen-bond donors (Lipinski definition) is 0. The average Bonchev–Trinajstić information content (AvgIpc) is 2.85. The zero-order valence-corrected chi connectivity index (χ0v) is 11.8. The number of methoxy groups -OCH3 is 1. The first-order chi connectivity index (χ1) is 8.83. The second-order valence-electron chi connectivity index (χ2n) is 4.81. The summed E-state index contributed by atoms with van der Waals surface area (Å²) in [6.07, 6.45) is 0.746. The Kier molecular flexibility index (Phi) is 3.27. The molecule has 0 spiro atoms. The highest BCUT2D eigenvalue weighted by molar-refractivity contribution is 7.13. The molecule has 8 heteroatoms. The zero-order valence-electron chi connectivity index (χ0n) is 11.0. The molecule has 0 aliphatic rings. The lowest BCUT2D eigenvalue weighted by atomic mass is 10.2. The fraction of sp³-hybridized carbons (Fsp3) is 0.455. The van der Waals surface area contributed by atoms with Crippen LogP contribution in [0.3, 0.4) is 0 Å². The number of nitrogens with zero attached hydrogens (tertiary/aromatic N) is 3. The van der Waals surface area contributed by atoms with E-state index in [2.05, 4.69) is 14.3 Å². The molecule has 2 aromatic heterocycles. The van der Waals surface area contributed by atoms with Crippen LogP contribution in [0.1, 0.15) is 31.1 Å². The average molecular weight is 283 g/mol. The Morgan fingerprint density at radius 1 is 1.37 bits per heavy atom. The molecule has 2 aromatic rings. The molecule has 2 heterocycles. The lowest BCUT2D eigenvalue weighted by Crippen LogP contribution is -2.26. The van der Waals surface area contributed by atoms with E-state index >= 15 is 0 Å². The van der Waals surface area contributed by atoms with Crippen molar-refractivity contribution in [2.24, 2.45) is 0 Å². The Morgan fingerprint density at radius 2 is 2.05 bits per heavy atom. The topological polar surface area (TPSA) is 83.3 Å². The molecule has 0 fully saturated rings. The highest BCUT2D eigenvalue weighted by atomic mass is 32.1. The molecule has 19 heavy (non-hydrogen) atoms. The SMILES string of the molecule is COC(=O)c1cn(C(=O)OC(C)(C)C)c2nnsc12. The second-order valence-corrected chi connectivity index (χ2v) is 5.56. The molecule has 102 valence electrons. The second kappa shape index (κ2) is 4.61. The molecule has 0 unspecified atom stereocenters. The molecule has 0 N–H and O–H groups in total. The van der Waals surface area contributed by atoms with E-state index in [1.807, 2.05) is 0 Å². The first kappa shape index (κ1) is 13.5. The van der Waals surface area contributed by atoms with Crippen molar-refractivity contribution >= 4 is 33.9 Å². The summed E-state index contributed by atoms with van der Waals surface area (Å²) in [5.74, 6) is -0.543. The number of fused-ring (bicyclic) bond motifs is 1. The van der Waals surface area contributed by atoms with Gasteiger partial charge in [0.2, 0.25) is 0 Å². The van der Waals surface area contributed by atoms with Crippen LogP contribution in [0.2, 0.25) is 0 Å². The smallest absolute Gasteiger partial charge is 0.420 e. The van der Waals surface area contributed by atoms with Crippen molar-refractivity contribution in [1.82, 2.24) is 14.2 Å². The van der Waals surface area contributed by atoms with Crippen LogP contribution in [0.15, 0.2) is 6.20 Å². The summed E-state index contributed by atoms with van der Waals surface area (Å²) < 4.78 is 15.3. The van der Waals surface area contributed by atoms with Crippen LogP contribution >= 0.6 is 11.5 Å². The molecular formula is C11H13N3O4S. The molecule has 0 saturated carbocycles. The van der Waals surface area contributed by atoms with E-state index in [4.69, 9.17) is 4.74 Å². The van der Waals surface area contributed by atoms with Crippen LogP contribution in [0.25, 0.3) is 10.3 Å². The number of carbonyl (C=O) groups excluding carboxylic acids is 2. The maximum absolute atomic E-state index is 12.0. The van der Waals surface area contributed by atoms with Gasteiger partial charge in [0.25, 0.3) is 0 Å². The molecule has 0 saturated heterocycles. The number of aromatic nitrogens is 3. The Hall–Kier alpha value is -1.96. The Morgan fingerprint density at radius 3 is 2.63 bits per heavy atom. The van der Waals surface area contributed by atoms with E-state index < -0.39 is 17.7 Å². The third-order valence-electron chi connectivity index (χ3n) is 2.20. The highest BCUT2D eigenvalue weighted by Crippen LogP contribution is 2.24. The van der Waals surface area contributed by atoms with E-state index in [1.165, 1.54) is 13.3 Å². The van der Waals surface area contributed by atoms with Crippen molar-refractivity contribution in [1.29, 1.82) is 0 Å². The summed E-state index contributed by atoms with van der Waals surface area (Å²) in [6, 6.07) is 0. The van der Waals surface area contributed by atoms with Crippen molar-refractivity contribution in [3.63, 3.8) is 0 Å². The molecule has 0 radical (unpaired) electrons. The summed E-state index contributed by atoms with van der Waals surface area (Å²) in [4.78, 5) is 23.6. The van der Waals surface area contributed by atoms with E-state index in [0.717, 1.165) is 16.1 Å². The standard InChI is InChI=1S/C11H13N3O4S/c1-11(2,3)18-10(16)14-5-6(9(15)17-4)7-8(14)12-13-19-7/h5H,1-4H3. The van der Waals surface area contributed by atoms with E-state index in [9.17, 15) is 9.59 Å². The number of ether oxygens (including phenoxy) is 2. The molecule has 0 aliphatic heterocycles. The van der Waals surface area contributed by atoms with Gasteiger partial charge in [-0.15, -0.1) is 5.10 Å². The van der Waals surface area contributed by atoms with Gasteiger partial charge in [-0.1, -0.05) is 4.49 Å². The molecule has 0 aromatic carbocycles. The third-order valence-corrected chi connectivity index (χ3v) is 2.95. The number of rotatable bonds is 1. The summed E-state index contributed by atoms with van der Waals surface area (Å²) in [5.41, 5.74) is -0.0965. The van der Waals surface area contributed by atoms with Gasteiger partial charge in [-0.25, -0.2) is 14.2 Å². The van der Waals surface area contributed by atoms with Crippen molar-refractivity contribution in [2.45, 2.75) is 26.4 Å². The van der Waals surface area contributed by atoms with Crippen LogP contribution in [-0.2, 0) is 9.47 Å². The lowest BCUT2D eigenvalue weighted by Gasteiger charge is -2.19. The van der Waals surface area contributed by atoms with E-state index in [0.29, 0.717) is 10.3 Å². The predicted octanol–water partition coefficient (Wildman–Crippen LogP) is 2.06. The quantitative estimate of drug-likeness (QED) is 0.745. The molecule has 7 nitrogen and oxygen atoms in total. The van der Waals surface area contributed by atoms with Crippen LogP contribution in [-0.4, -0.2) is 38.9 Å². The summed E-state index contributed by atoms with van der Waals surface area (Å²) >= 11 is 1.02. The van der Waals surface area contributed by atoms with Gasteiger partial charge in [-0.2, -0.15) is 0 Å². The van der Waals surface area contributed by atoms with Gasteiger partial charge in [0, 0.05) is 6.20 Å². The summed E-state index contributed by atoms with van der Waals surface area (Å²) in [7, 11) is 1.27. The van der Waals surface area contributed by atoms with Gasteiger partial charge in [-0.3, -0.25) is 0 Å². The predicted molar refractivity (Wildman–Crippen MR) is 68.4 cm³/mol. The van der Waals surface area contributed by atoms with Gasteiger partial charge in [0.15, 0.2) is 5.65 Å². The Bertz CT molecular complexity index is 638. The first-order valence-corrected chi connectivity index (χ1v) is 6.26. The minimum absolute atomic E-state index is 0.248. The summed E-state index contributed by atoms with van der Waals surface area (Å²) in [5, 5.41) is 3.83. The number of esters is 1. The molecule has 0 amide bonds. The van der Waals surface area contributed by atoms with E-state index in [-0.39, 0.29) is 5.56 Å². The van der Waals surface area contributed by atoms with Crippen LogP contribution in [0.5, 0.6) is 0 Å². The van der Waals surface area contributed by atoms with Gasteiger partial charge in [0.05, 0.1) is 12.7 Å². The molecular weight excluding hydrogens is 270 g/mol. The third kappa shape index (κ3) is 2.58. The van der Waals surface area contributed by atoms with Crippen LogP contribution in [0, 0.1) is 0 Å². The van der Waals surface area contributed by atoms with Gasteiger partial charge in [-0.05, 0) is 32.3 Å². The molecule has 0 atom stereocenters. The van der Waals surface area contributed by atoms with Crippen molar-refractivity contribution in [2.75, 3.05) is 7.11 Å². The van der Waals surface area contributed by atoms with Gasteiger partial charge in [0.1, 0.15) is 10.3 Å². The molecule has 2 rings (SSSR count). The minimum Gasteiger partial charge on any atom is -0.465 e. The minimum atomic E-state index is -0.636. The summed E-state index contributed by atoms with van der Waals surface area (Å²) in [6.45, 7) is 5.27. The monoisotopic (exact) mass is 283 g/mol. The maximum atomic E-state index is 12.0. The fourth-order valence-electron chi connectivity index (χ4n) is 1.47. The lowest BCUT2D eigenvalue weighted by molar-refractivity contribution is 0.0543. The maximum Gasteiger partial charge on any atom is 0.420 e. The highest BCUT2D eigenvalue weighted by Gasteiger charge is 2.25. The van der Waals surface area contributed by atoms with Crippen LogP contribution in [0.4, 0.5) is 4.79 Å². The fourth-order valence-corrected chi connectivity index (χ4v) is 2.12. The van der Waals surface area contributed by atoms with Gasteiger partial charge < -0.3 is 9.47 Å². The van der Waals surface area contributed by atoms with Crippen molar-refractivity contribution in [3.8, 4) is 0 Å². The number of hydrogen-bond acceptors (Lipinski definition) is 7. The first-order valence-electron chi connectivity index (χ1n) is 5.48. The molecule has 0 aliphatic carbocycles. The van der Waals surface area contributed by atoms with Crippen molar-refractivity contribution in [3.05, 3.63) is 11.8 Å².